The molecule has 0 saturated carbocycles. The highest BCUT2D eigenvalue weighted by Crippen LogP contribution is 2.27. The van der Waals surface area contributed by atoms with E-state index >= 15 is 0 Å². The van der Waals surface area contributed by atoms with Crippen molar-refractivity contribution in [1.82, 2.24) is 9.97 Å². The third kappa shape index (κ3) is 2.81. The zero-order valence-electron chi connectivity index (χ0n) is 11.4. The van der Waals surface area contributed by atoms with E-state index < -0.39 is 6.09 Å². The number of benzene rings is 2. The molecule has 3 rings (SSSR count). The fraction of sp³-hybridized carbons (Fsp3) is 0.0625. The second-order valence-electron chi connectivity index (χ2n) is 4.72. The Hall–Kier alpha value is -2.95. The van der Waals surface area contributed by atoms with Crippen LogP contribution in [0.3, 0.4) is 0 Å². The van der Waals surface area contributed by atoms with E-state index in [2.05, 4.69) is 9.97 Å². The number of hydrogen-bond donors (Lipinski definition) is 1. The summed E-state index contributed by atoms with van der Waals surface area (Å²) in [6, 6.07) is 11.4. The minimum Gasteiger partial charge on any atom is -0.410 e. The molecule has 2 aromatic carbocycles. The van der Waals surface area contributed by atoms with Crippen molar-refractivity contribution in [3.63, 3.8) is 0 Å². The van der Waals surface area contributed by atoms with Gasteiger partial charge in [0.25, 0.3) is 0 Å². The highest BCUT2D eigenvalue weighted by atomic mass is 16.5. The predicted molar refractivity (Wildman–Crippen MR) is 79.9 cm³/mol. The largest absolute Gasteiger partial charge is 0.410 e. The quantitative estimate of drug-likeness (QED) is 0.782. The first-order valence-corrected chi connectivity index (χ1v) is 6.42. The molecule has 104 valence electrons. The Morgan fingerprint density at radius 3 is 2.52 bits per heavy atom. The van der Waals surface area contributed by atoms with Gasteiger partial charge < -0.3 is 10.5 Å². The van der Waals surface area contributed by atoms with E-state index in [1.807, 2.05) is 31.2 Å². The number of nitrogens with two attached hydrogens (primary N) is 1. The van der Waals surface area contributed by atoms with Gasteiger partial charge in [-0.1, -0.05) is 12.1 Å². The number of ether oxygens (including phenoxy) is 1. The Morgan fingerprint density at radius 2 is 1.76 bits per heavy atom. The van der Waals surface area contributed by atoms with Crippen LogP contribution in [-0.2, 0) is 0 Å². The fourth-order valence-corrected chi connectivity index (χ4v) is 2.23. The lowest BCUT2D eigenvalue weighted by Crippen LogP contribution is -2.16. The lowest BCUT2D eigenvalue weighted by Gasteiger charge is -2.08. The number of hydrogen-bond acceptors (Lipinski definition) is 4. The van der Waals surface area contributed by atoms with Gasteiger partial charge in [-0.2, -0.15) is 0 Å². The Balaban J connectivity index is 2.08. The zero-order chi connectivity index (χ0) is 14.8. The topological polar surface area (TPSA) is 78.1 Å². The van der Waals surface area contributed by atoms with Gasteiger partial charge in [-0.3, -0.25) is 9.97 Å². The average Bonchev–Trinajstić information content (AvgIpc) is 2.45. The first-order valence-electron chi connectivity index (χ1n) is 6.42. The molecule has 3 aromatic rings. The molecule has 5 nitrogen and oxygen atoms in total. The van der Waals surface area contributed by atoms with Gasteiger partial charge in [-0.25, -0.2) is 4.79 Å². The summed E-state index contributed by atoms with van der Waals surface area (Å²) in [6.45, 7) is 1.93. The van der Waals surface area contributed by atoms with E-state index in [1.165, 1.54) is 0 Å². The molecule has 0 bridgehead atoms. The van der Waals surface area contributed by atoms with Gasteiger partial charge >= 0.3 is 6.09 Å². The molecule has 0 spiro atoms. The summed E-state index contributed by atoms with van der Waals surface area (Å²) in [6.07, 6.45) is 2.49. The van der Waals surface area contributed by atoms with Gasteiger partial charge in [0.1, 0.15) is 5.75 Å². The number of amides is 1. The lowest BCUT2D eigenvalue weighted by molar-refractivity contribution is 0.211. The van der Waals surface area contributed by atoms with E-state index in [9.17, 15) is 4.79 Å². The van der Waals surface area contributed by atoms with Crippen molar-refractivity contribution in [2.24, 2.45) is 5.73 Å². The smallest absolute Gasteiger partial charge is 0.409 e. The highest BCUT2D eigenvalue weighted by Gasteiger charge is 2.06. The summed E-state index contributed by atoms with van der Waals surface area (Å²) in [5, 5.41) is 0. The van der Waals surface area contributed by atoms with Crippen LogP contribution >= 0.6 is 0 Å². The Morgan fingerprint density at radius 1 is 1.00 bits per heavy atom. The standard InChI is InChI=1S/C16H13N3O2/c1-10-6-12(8-13(7-10)21-16(17)20)11-2-3-14-15(9-11)19-5-4-18-14/h2-9H,1H3,(H2,17,20). The molecule has 1 heterocycles. The fourth-order valence-electron chi connectivity index (χ4n) is 2.23. The molecule has 5 heteroatoms. The maximum Gasteiger partial charge on any atom is 0.409 e. The van der Waals surface area contributed by atoms with Crippen LogP contribution < -0.4 is 10.5 Å². The molecule has 0 radical (unpaired) electrons. The van der Waals surface area contributed by atoms with Crippen LogP contribution in [0.4, 0.5) is 4.79 Å². The number of nitrogens with zero attached hydrogens (tertiary/aromatic N) is 2. The number of aromatic nitrogens is 2. The second kappa shape index (κ2) is 5.20. The van der Waals surface area contributed by atoms with Crippen molar-refractivity contribution in [3.8, 4) is 16.9 Å². The molecule has 1 amide bonds. The second-order valence-corrected chi connectivity index (χ2v) is 4.72. The number of rotatable bonds is 2. The number of fused-ring (bicyclic) bond motifs is 1. The van der Waals surface area contributed by atoms with E-state index in [0.29, 0.717) is 5.75 Å². The molecule has 0 aliphatic rings. The molecular formula is C16H13N3O2. The molecule has 21 heavy (non-hydrogen) atoms. The summed E-state index contributed by atoms with van der Waals surface area (Å²) >= 11 is 0. The summed E-state index contributed by atoms with van der Waals surface area (Å²) in [5.41, 5.74) is 9.59. The SMILES string of the molecule is Cc1cc(OC(N)=O)cc(-c2ccc3nccnc3c2)c1. The third-order valence-electron chi connectivity index (χ3n) is 3.07. The monoisotopic (exact) mass is 279 g/mol. The van der Waals surface area contributed by atoms with Crippen molar-refractivity contribution in [3.05, 3.63) is 54.4 Å². The zero-order valence-corrected chi connectivity index (χ0v) is 11.4. The van der Waals surface area contributed by atoms with E-state index in [0.717, 1.165) is 27.7 Å². The van der Waals surface area contributed by atoms with E-state index in [1.54, 1.807) is 24.5 Å². The van der Waals surface area contributed by atoms with Crippen LogP contribution in [0.1, 0.15) is 5.56 Å². The maximum atomic E-state index is 10.9. The third-order valence-corrected chi connectivity index (χ3v) is 3.07. The molecule has 0 fully saturated rings. The van der Waals surface area contributed by atoms with Gasteiger partial charge in [-0.05, 0) is 47.9 Å². The van der Waals surface area contributed by atoms with Crippen LogP contribution in [0.25, 0.3) is 22.2 Å². The van der Waals surface area contributed by atoms with Crippen molar-refractivity contribution in [1.29, 1.82) is 0 Å². The molecule has 2 N–H and O–H groups in total. The lowest BCUT2D eigenvalue weighted by atomic mass is 10.0. The molecule has 1 aromatic heterocycles. The van der Waals surface area contributed by atoms with Crippen LogP contribution in [-0.4, -0.2) is 16.1 Å². The maximum absolute atomic E-state index is 10.9. The minimum atomic E-state index is -0.823. The molecule has 0 aliphatic carbocycles. The van der Waals surface area contributed by atoms with Crippen LogP contribution in [0.5, 0.6) is 5.75 Å². The van der Waals surface area contributed by atoms with E-state index in [4.69, 9.17) is 10.5 Å². The summed E-state index contributed by atoms with van der Waals surface area (Å²) in [7, 11) is 0. The van der Waals surface area contributed by atoms with Crippen LogP contribution in [0.15, 0.2) is 48.8 Å². The van der Waals surface area contributed by atoms with Crippen molar-refractivity contribution >= 4 is 17.1 Å². The number of carbonyl (C=O) groups is 1. The molecule has 0 atom stereocenters. The van der Waals surface area contributed by atoms with Crippen LogP contribution in [0, 0.1) is 6.92 Å². The molecule has 0 saturated heterocycles. The first kappa shape index (κ1) is 13.1. The first-order chi connectivity index (χ1) is 10.1. The van der Waals surface area contributed by atoms with Gasteiger partial charge in [0, 0.05) is 12.4 Å². The summed E-state index contributed by atoms with van der Waals surface area (Å²) in [4.78, 5) is 19.4. The summed E-state index contributed by atoms with van der Waals surface area (Å²) < 4.78 is 4.96. The average molecular weight is 279 g/mol. The highest BCUT2D eigenvalue weighted by molar-refractivity contribution is 5.81. The van der Waals surface area contributed by atoms with Crippen molar-refractivity contribution < 1.29 is 9.53 Å². The Bertz CT molecular complexity index is 831. The van der Waals surface area contributed by atoms with Gasteiger partial charge in [0.15, 0.2) is 0 Å². The van der Waals surface area contributed by atoms with Gasteiger partial charge in [0.05, 0.1) is 11.0 Å². The number of primary amides is 1. The van der Waals surface area contributed by atoms with Gasteiger partial charge in [-0.15, -0.1) is 0 Å². The van der Waals surface area contributed by atoms with Crippen LogP contribution in [0.2, 0.25) is 0 Å². The molecular weight excluding hydrogens is 266 g/mol. The molecule has 0 aliphatic heterocycles. The predicted octanol–water partition coefficient (Wildman–Crippen LogP) is 3.06. The number of carbonyl (C=O) groups excluding carboxylic acids is 1. The van der Waals surface area contributed by atoms with Crippen molar-refractivity contribution in [2.45, 2.75) is 6.92 Å². The van der Waals surface area contributed by atoms with Crippen molar-refractivity contribution in [2.75, 3.05) is 0 Å². The normalized spacial score (nSPS) is 10.5. The number of aryl methyl sites for hydroxylation is 1. The van der Waals surface area contributed by atoms with E-state index in [-0.39, 0.29) is 0 Å². The van der Waals surface area contributed by atoms with Gasteiger partial charge in [0.2, 0.25) is 0 Å². The minimum absolute atomic E-state index is 0.428. The Kier molecular flexibility index (Phi) is 3.23. The summed E-state index contributed by atoms with van der Waals surface area (Å²) in [5.74, 6) is 0.428. The Labute approximate surface area is 121 Å². The molecule has 0 unspecified atom stereocenters.